The smallest absolute Gasteiger partial charge is 0.325 e. The molecule has 0 spiro atoms. The molecule has 0 radical (unpaired) electrons. The Morgan fingerprint density at radius 3 is 2.71 bits per heavy atom. The first-order valence-electron chi connectivity index (χ1n) is 7.96. The predicted molar refractivity (Wildman–Crippen MR) is 86.5 cm³/mol. The molecule has 1 saturated heterocycles. The zero-order chi connectivity index (χ0) is 17.5. The number of likely N-dealkylation sites (tertiary alicyclic amines) is 1. The van der Waals surface area contributed by atoms with E-state index in [-0.39, 0.29) is 30.9 Å². The Balaban J connectivity index is 1.84. The fraction of sp³-hybridized carbons (Fsp3) is 0.471. The Bertz CT molecular complexity index is 590. The molecular formula is C17H22N2O5. The van der Waals surface area contributed by atoms with Crippen molar-refractivity contribution in [1.29, 1.82) is 0 Å². The molecule has 0 bridgehead atoms. The van der Waals surface area contributed by atoms with Gasteiger partial charge >= 0.3 is 5.97 Å². The summed E-state index contributed by atoms with van der Waals surface area (Å²) in [6.07, 6.45) is 1.35. The molecule has 0 saturated carbocycles. The predicted octanol–water partition coefficient (Wildman–Crippen LogP) is 0.893. The quantitative estimate of drug-likeness (QED) is 0.805. The molecule has 0 aromatic heterocycles. The summed E-state index contributed by atoms with van der Waals surface area (Å²) >= 11 is 0. The van der Waals surface area contributed by atoms with Crippen molar-refractivity contribution in [2.45, 2.75) is 25.8 Å². The third-order valence-corrected chi connectivity index (χ3v) is 3.98. The van der Waals surface area contributed by atoms with Crippen molar-refractivity contribution in [3.63, 3.8) is 0 Å². The Kier molecular flexibility index (Phi) is 6.17. The van der Waals surface area contributed by atoms with Crippen LogP contribution in [-0.2, 0) is 14.4 Å². The van der Waals surface area contributed by atoms with Gasteiger partial charge in [0.05, 0.1) is 5.92 Å². The van der Waals surface area contributed by atoms with Crippen LogP contribution in [0.4, 0.5) is 0 Å². The minimum Gasteiger partial charge on any atom is -0.484 e. The van der Waals surface area contributed by atoms with E-state index in [0.29, 0.717) is 25.1 Å². The number of carboxylic acids is 1. The summed E-state index contributed by atoms with van der Waals surface area (Å²) in [7, 11) is 0. The molecule has 1 unspecified atom stereocenters. The number of carbonyl (C=O) groups excluding carboxylic acids is 2. The SMILES string of the molecule is C[C@H](NC(=O)C1CCCN(C(=O)COc2ccccc2)C1)C(=O)O. The highest BCUT2D eigenvalue weighted by Crippen LogP contribution is 2.17. The molecule has 0 aliphatic carbocycles. The molecule has 1 fully saturated rings. The van der Waals surface area contributed by atoms with Gasteiger partial charge in [-0.25, -0.2) is 0 Å². The number of nitrogens with one attached hydrogen (secondary N) is 1. The topological polar surface area (TPSA) is 95.9 Å². The Labute approximate surface area is 140 Å². The minimum absolute atomic E-state index is 0.0795. The van der Waals surface area contributed by atoms with Crippen LogP contribution in [0.1, 0.15) is 19.8 Å². The molecule has 7 nitrogen and oxygen atoms in total. The minimum atomic E-state index is -1.08. The average molecular weight is 334 g/mol. The van der Waals surface area contributed by atoms with Crippen molar-refractivity contribution in [3.8, 4) is 5.75 Å². The zero-order valence-electron chi connectivity index (χ0n) is 13.6. The van der Waals surface area contributed by atoms with Crippen molar-refractivity contribution in [2.24, 2.45) is 5.92 Å². The number of hydrogen-bond donors (Lipinski definition) is 2. The lowest BCUT2D eigenvalue weighted by molar-refractivity contribution is -0.143. The summed E-state index contributed by atoms with van der Waals surface area (Å²) in [6.45, 7) is 2.20. The second-order valence-corrected chi connectivity index (χ2v) is 5.85. The van der Waals surface area contributed by atoms with E-state index in [0.717, 1.165) is 0 Å². The highest BCUT2D eigenvalue weighted by Gasteiger charge is 2.29. The molecule has 1 aliphatic rings. The third kappa shape index (κ3) is 4.97. The van der Waals surface area contributed by atoms with E-state index in [4.69, 9.17) is 9.84 Å². The molecule has 2 atom stereocenters. The van der Waals surface area contributed by atoms with E-state index in [1.54, 1.807) is 17.0 Å². The molecule has 2 amide bonds. The standard InChI is InChI=1S/C17H22N2O5/c1-12(17(22)23)18-16(21)13-6-5-9-19(10-13)15(20)11-24-14-7-3-2-4-8-14/h2-4,7-8,12-13H,5-6,9-11H2,1H3,(H,18,21)(H,22,23)/t12-,13?/m0/s1. The summed E-state index contributed by atoms with van der Waals surface area (Å²) in [4.78, 5) is 36.8. The number of hydrogen-bond acceptors (Lipinski definition) is 4. The average Bonchev–Trinajstić information content (AvgIpc) is 2.60. The molecule has 7 heteroatoms. The van der Waals surface area contributed by atoms with Crippen LogP contribution in [0.2, 0.25) is 0 Å². The Hall–Kier alpha value is -2.57. The van der Waals surface area contributed by atoms with E-state index in [9.17, 15) is 14.4 Å². The summed E-state index contributed by atoms with van der Waals surface area (Å²) in [5, 5.41) is 11.3. The first kappa shape index (κ1) is 17.8. The van der Waals surface area contributed by atoms with Crippen LogP contribution in [-0.4, -0.2) is 53.5 Å². The van der Waals surface area contributed by atoms with Gasteiger partial charge in [-0.1, -0.05) is 18.2 Å². The second kappa shape index (κ2) is 8.33. The van der Waals surface area contributed by atoms with Crippen LogP contribution in [0.3, 0.4) is 0 Å². The molecule has 2 rings (SSSR count). The lowest BCUT2D eigenvalue weighted by atomic mass is 9.96. The second-order valence-electron chi connectivity index (χ2n) is 5.85. The zero-order valence-corrected chi connectivity index (χ0v) is 13.6. The number of ether oxygens (including phenoxy) is 1. The van der Waals surface area contributed by atoms with E-state index in [1.807, 2.05) is 18.2 Å². The number of rotatable bonds is 6. The summed E-state index contributed by atoms with van der Waals surface area (Å²) in [5.74, 6) is -1.36. The fourth-order valence-corrected chi connectivity index (χ4v) is 2.56. The van der Waals surface area contributed by atoms with Crippen LogP contribution in [0.5, 0.6) is 5.75 Å². The number of nitrogens with zero attached hydrogens (tertiary/aromatic N) is 1. The molecule has 1 heterocycles. The first-order chi connectivity index (χ1) is 11.5. The highest BCUT2D eigenvalue weighted by molar-refractivity contribution is 5.85. The van der Waals surface area contributed by atoms with Crippen LogP contribution < -0.4 is 10.1 Å². The van der Waals surface area contributed by atoms with E-state index < -0.39 is 12.0 Å². The Morgan fingerprint density at radius 2 is 2.04 bits per heavy atom. The van der Waals surface area contributed by atoms with Gasteiger partial charge in [0.15, 0.2) is 6.61 Å². The largest absolute Gasteiger partial charge is 0.484 e. The van der Waals surface area contributed by atoms with Crippen molar-refractivity contribution >= 4 is 17.8 Å². The molecular weight excluding hydrogens is 312 g/mol. The van der Waals surface area contributed by atoms with Crippen molar-refractivity contribution < 1.29 is 24.2 Å². The number of carbonyl (C=O) groups is 3. The number of piperidine rings is 1. The highest BCUT2D eigenvalue weighted by atomic mass is 16.5. The maximum absolute atomic E-state index is 12.2. The monoisotopic (exact) mass is 334 g/mol. The third-order valence-electron chi connectivity index (χ3n) is 3.98. The first-order valence-corrected chi connectivity index (χ1v) is 7.96. The number of aliphatic carboxylic acids is 1. The van der Waals surface area contributed by atoms with Crippen molar-refractivity contribution in [1.82, 2.24) is 10.2 Å². The molecule has 1 aromatic rings. The van der Waals surface area contributed by atoms with Gasteiger partial charge in [-0.05, 0) is 31.9 Å². The molecule has 2 N–H and O–H groups in total. The van der Waals surface area contributed by atoms with Gasteiger partial charge in [-0.15, -0.1) is 0 Å². The fourth-order valence-electron chi connectivity index (χ4n) is 2.56. The summed E-state index contributed by atoms with van der Waals surface area (Å²) < 4.78 is 5.44. The van der Waals surface area contributed by atoms with Gasteiger partial charge in [0.2, 0.25) is 5.91 Å². The van der Waals surface area contributed by atoms with Crippen molar-refractivity contribution in [3.05, 3.63) is 30.3 Å². The Morgan fingerprint density at radius 1 is 1.33 bits per heavy atom. The number of carboxylic acid groups (broad SMARTS) is 1. The molecule has 1 aromatic carbocycles. The van der Waals surface area contributed by atoms with Crippen LogP contribution >= 0.6 is 0 Å². The van der Waals surface area contributed by atoms with Crippen LogP contribution in [0.25, 0.3) is 0 Å². The molecule has 1 aliphatic heterocycles. The normalized spacial score (nSPS) is 18.5. The summed E-state index contributed by atoms with van der Waals surface area (Å²) in [6, 6.07) is 8.11. The molecule has 130 valence electrons. The van der Waals surface area contributed by atoms with Gasteiger partial charge < -0.3 is 20.1 Å². The van der Waals surface area contributed by atoms with Gasteiger partial charge in [0.1, 0.15) is 11.8 Å². The number of para-hydroxylation sites is 1. The van der Waals surface area contributed by atoms with Crippen LogP contribution in [0, 0.1) is 5.92 Å². The molecule has 24 heavy (non-hydrogen) atoms. The van der Waals surface area contributed by atoms with Gasteiger partial charge in [0.25, 0.3) is 5.91 Å². The number of amides is 2. The van der Waals surface area contributed by atoms with E-state index in [1.165, 1.54) is 6.92 Å². The van der Waals surface area contributed by atoms with Crippen molar-refractivity contribution in [2.75, 3.05) is 19.7 Å². The maximum Gasteiger partial charge on any atom is 0.325 e. The maximum atomic E-state index is 12.2. The van der Waals surface area contributed by atoms with Gasteiger partial charge in [-0.3, -0.25) is 14.4 Å². The number of benzene rings is 1. The van der Waals surface area contributed by atoms with Crippen LogP contribution in [0.15, 0.2) is 30.3 Å². The van der Waals surface area contributed by atoms with Gasteiger partial charge in [-0.2, -0.15) is 0 Å². The summed E-state index contributed by atoms with van der Waals surface area (Å²) in [5.41, 5.74) is 0. The lowest BCUT2D eigenvalue weighted by Gasteiger charge is -2.32. The van der Waals surface area contributed by atoms with E-state index >= 15 is 0 Å². The van der Waals surface area contributed by atoms with Gasteiger partial charge in [0, 0.05) is 13.1 Å². The lowest BCUT2D eigenvalue weighted by Crippen LogP contribution is -2.49. The van der Waals surface area contributed by atoms with E-state index in [2.05, 4.69) is 5.32 Å².